The second kappa shape index (κ2) is 9.68. The lowest BCUT2D eigenvalue weighted by Gasteiger charge is -2.46. The Balaban J connectivity index is 1.56. The first-order valence-corrected chi connectivity index (χ1v) is 12.8. The van der Waals surface area contributed by atoms with Crippen molar-refractivity contribution in [3.05, 3.63) is 42.0 Å². The number of fused-ring (bicyclic) bond motifs is 4. The van der Waals surface area contributed by atoms with Crippen molar-refractivity contribution in [2.24, 2.45) is 17.8 Å². The number of carbonyl (C=O) groups is 1. The normalized spacial score (nSPS) is 40.6. The number of aliphatic hydroxyl groups is 1. The topological polar surface area (TPSA) is 55.8 Å². The molecule has 0 radical (unpaired) electrons. The molecule has 0 aromatic heterocycles. The van der Waals surface area contributed by atoms with E-state index in [1.165, 1.54) is 10.5 Å². The van der Waals surface area contributed by atoms with Gasteiger partial charge in [-0.1, -0.05) is 36.8 Å². The molecule has 2 fully saturated rings. The molecule has 4 nitrogen and oxygen atoms in total. The standard InChI is InChI=1S/C26H36O4S/c1-17-9-7-11-18(2)23-24-20(15-22(29-23)26(3,28)14-8-10-17)21(25(27)30-24)16-31-19-12-5-4-6-13-19/h4-6,10,12-13,18,20-24,28H,7-9,11,14-16H2,1-3H3/b17-10-/t18-,20+,21?,22+,23+,24-,26-/m1/s1. The van der Waals surface area contributed by atoms with Crippen LogP contribution in [0.25, 0.3) is 0 Å². The van der Waals surface area contributed by atoms with Crippen LogP contribution in [0.5, 0.6) is 0 Å². The molecule has 2 saturated heterocycles. The van der Waals surface area contributed by atoms with E-state index in [4.69, 9.17) is 9.47 Å². The highest BCUT2D eigenvalue weighted by Crippen LogP contribution is 2.46. The van der Waals surface area contributed by atoms with Crippen LogP contribution in [0.3, 0.4) is 0 Å². The van der Waals surface area contributed by atoms with Crippen molar-refractivity contribution in [3.63, 3.8) is 0 Å². The first kappa shape index (κ1) is 22.9. The van der Waals surface area contributed by atoms with E-state index in [2.05, 4.69) is 32.1 Å². The Labute approximate surface area is 190 Å². The van der Waals surface area contributed by atoms with Gasteiger partial charge in [0.05, 0.1) is 23.7 Å². The third-order valence-corrected chi connectivity index (χ3v) is 8.56. The van der Waals surface area contributed by atoms with Gasteiger partial charge >= 0.3 is 5.97 Å². The van der Waals surface area contributed by atoms with Gasteiger partial charge in [0.1, 0.15) is 6.10 Å². The fourth-order valence-electron chi connectivity index (χ4n) is 5.39. The molecule has 3 heterocycles. The smallest absolute Gasteiger partial charge is 0.310 e. The second-order valence-corrected chi connectivity index (χ2v) is 11.0. The number of thioether (sulfide) groups is 1. The van der Waals surface area contributed by atoms with Crippen LogP contribution in [0.15, 0.2) is 46.9 Å². The zero-order valence-electron chi connectivity index (χ0n) is 19.0. The first-order valence-electron chi connectivity index (χ1n) is 11.8. The summed E-state index contributed by atoms with van der Waals surface area (Å²) in [6, 6.07) is 10.2. The molecule has 4 rings (SSSR count). The lowest BCUT2D eigenvalue weighted by Crippen LogP contribution is -2.55. The predicted molar refractivity (Wildman–Crippen MR) is 124 cm³/mol. The van der Waals surface area contributed by atoms with E-state index >= 15 is 0 Å². The molecular weight excluding hydrogens is 408 g/mol. The maximum absolute atomic E-state index is 12.9. The molecule has 0 saturated carbocycles. The SMILES string of the molecule is C/C1=C/CC[C@@](C)(O)[C@@H]2C[C@H]3C(CSc4ccccc4)C(=O)O[C@H]3[C@@H](O2)[C@H](C)CCC1. The van der Waals surface area contributed by atoms with Gasteiger partial charge in [-0.15, -0.1) is 11.8 Å². The van der Waals surface area contributed by atoms with Crippen molar-refractivity contribution < 1.29 is 19.4 Å². The molecule has 3 aliphatic rings. The molecule has 1 aromatic carbocycles. The molecular formula is C26H36O4S. The second-order valence-electron chi connectivity index (χ2n) is 9.94. The summed E-state index contributed by atoms with van der Waals surface area (Å²) in [4.78, 5) is 14.1. The Bertz CT molecular complexity index is 790. The summed E-state index contributed by atoms with van der Waals surface area (Å²) in [5.41, 5.74) is 0.486. The highest BCUT2D eigenvalue weighted by atomic mass is 32.2. The molecule has 170 valence electrons. The summed E-state index contributed by atoms with van der Waals surface area (Å²) in [5, 5.41) is 11.3. The molecule has 31 heavy (non-hydrogen) atoms. The Morgan fingerprint density at radius 3 is 2.77 bits per heavy atom. The molecule has 1 unspecified atom stereocenters. The Hall–Kier alpha value is -1.30. The van der Waals surface area contributed by atoms with Gasteiger partial charge in [0.25, 0.3) is 0 Å². The summed E-state index contributed by atoms with van der Waals surface area (Å²) in [6.07, 6.45) is 7.09. The van der Waals surface area contributed by atoms with Gasteiger partial charge in [-0.3, -0.25) is 4.79 Å². The number of rotatable bonds is 3. The number of benzene rings is 1. The monoisotopic (exact) mass is 444 g/mol. The van der Waals surface area contributed by atoms with Crippen LogP contribution in [-0.4, -0.2) is 40.7 Å². The lowest BCUT2D eigenvalue weighted by molar-refractivity contribution is -0.210. The van der Waals surface area contributed by atoms with Crippen molar-refractivity contribution >= 4 is 17.7 Å². The fraction of sp³-hybridized carbons (Fsp3) is 0.654. The molecule has 7 atom stereocenters. The van der Waals surface area contributed by atoms with E-state index in [1.54, 1.807) is 11.8 Å². The lowest BCUT2D eigenvalue weighted by atomic mass is 9.74. The maximum atomic E-state index is 12.9. The van der Waals surface area contributed by atoms with Crippen LogP contribution in [0, 0.1) is 17.8 Å². The largest absolute Gasteiger partial charge is 0.459 e. The van der Waals surface area contributed by atoms with Gasteiger partial charge in [-0.2, -0.15) is 0 Å². The Morgan fingerprint density at radius 2 is 2.00 bits per heavy atom. The zero-order chi connectivity index (χ0) is 22.0. The minimum absolute atomic E-state index is 0.0960. The number of allylic oxidation sites excluding steroid dienone is 2. The summed E-state index contributed by atoms with van der Waals surface area (Å²) in [5.74, 6) is 0.846. The van der Waals surface area contributed by atoms with Crippen LogP contribution in [-0.2, 0) is 14.3 Å². The third kappa shape index (κ3) is 5.20. The molecule has 1 N–H and O–H groups in total. The van der Waals surface area contributed by atoms with E-state index in [9.17, 15) is 9.90 Å². The summed E-state index contributed by atoms with van der Waals surface area (Å²) in [7, 11) is 0. The van der Waals surface area contributed by atoms with Crippen LogP contribution in [0.2, 0.25) is 0 Å². The quantitative estimate of drug-likeness (QED) is 0.385. The average Bonchev–Trinajstić information content (AvgIpc) is 3.06. The minimum Gasteiger partial charge on any atom is -0.459 e. The van der Waals surface area contributed by atoms with E-state index in [1.807, 2.05) is 25.1 Å². The third-order valence-electron chi connectivity index (χ3n) is 7.43. The number of hydrogen-bond acceptors (Lipinski definition) is 5. The average molecular weight is 445 g/mol. The van der Waals surface area contributed by atoms with Crippen molar-refractivity contribution in [1.82, 2.24) is 0 Å². The molecule has 0 spiro atoms. The fourth-order valence-corrected chi connectivity index (χ4v) is 6.49. The zero-order valence-corrected chi connectivity index (χ0v) is 19.8. The van der Waals surface area contributed by atoms with E-state index in [0.29, 0.717) is 18.6 Å². The summed E-state index contributed by atoms with van der Waals surface area (Å²) in [6.45, 7) is 6.30. The highest BCUT2D eigenvalue weighted by molar-refractivity contribution is 7.99. The first-order chi connectivity index (χ1) is 14.8. The van der Waals surface area contributed by atoms with Crippen molar-refractivity contribution in [2.45, 2.75) is 88.1 Å². The summed E-state index contributed by atoms with van der Waals surface area (Å²) < 4.78 is 12.5. The van der Waals surface area contributed by atoms with E-state index < -0.39 is 5.60 Å². The highest BCUT2D eigenvalue weighted by Gasteiger charge is 2.55. The number of carbonyl (C=O) groups excluding carboxylic acids is 1. The molecule has 0 aliphatic carbocycles. The Kier molecular flexibility index (Phi) is 7.14. The van der Waals surface area contributed by atoms with Crippen LogP contribution >= 0.6 is 11.8 Å². The number of ether oxygens (including phenoxy) is 2. The van der Waals surface area contributed by atoms with Crippen LogP contribution in [0.4, 0.5) is 0 Å². The van der Waals surface area contributed by atoms with Crippen LogP contribution in [0.1, 0.15) is 59.3 Å². The predicted octanol–water partition coefficient (Wildman–Crippen LogP) is 5.39. The van der Waals surface area contributed by atoms with Crippen molar-refractivity contribution in [2.75, 3.05) is 5.75 Å². The van der Waals surface area contributed by atoms with Gasteiger partial charge in [-0.05, 0) is 70.4 Å². The van der Waals surface area contributed by atoms with Gasteiger partial charge < -0.3 is 14.6 Å². The Morgan fingerprint density at radius 1 is 1.23 bits per heavy atom. The number of hydrogen-bond donors (Lipinski definition) is 1. The molecule has 2 bridgehead atoms. The van der Waals surface area contributed by atoms with Gasteiger partial charge in [0, 0.05) is 16.6 Å². The molecule has 0 amide bonds. The molecule has 1 aromatic rings. The maximum Gasteiger partial charge on any atom is 0.310 e. The van der Waals surface area contributed by atoms with Crippen LogP contribution < -0.4 is 0 Å². The van der Waals surface area contributed by atoms with Crippen molar-refractivity contribution in [3.8, 4) is 0 Å². The van der Waals surface area contributed by atoms with E-state index in [-0.39, 0.29) is 42.0 Å². The number of esters is 1. The molecule has 5 heteroatoms. The minimum atomic E-state index is -0.915. The van der Waals surface area contributed by atoms with E-state index in [0.717, 1.165) is 25.7 Å². The van der Waals surface area contributed by atoms with Crippen molar-refractivity contribution in [1.29, 1.82) is 0 Å². The molecule has 3 aliphatic heterocycles. The summed E-state index contributed by atoms with van der Waals surface area (Å²) >= 11 is 1.72. The van der Waals surface area contributed by atoms with Gasteiger partial charge in [-0.25, -0.2) is 0 Å². The van der Waals surface area contributed by atoms with Gasteiger partial charge in [0.15, 0.2) is 0 Å². The van der Waals surface area contributed by atoms with Gasteiger partial charge in [0.2, 0.25) is 0 Å².